The summed E-state index contributed by atoms with van der Waals surface area (Å²) in [6.45, 7) is 1.86. The van der Waals surface area contributed by atoms with Crippen LogP contribution in [0.2, 0.25) is 0 Å². The first-order valence-electron chi connectivity index (χ1n) is 4.33. The number of carbonyl (C=O) groups excluding carboxylic acids is 1. The van der Waals surface area contributed by atoms with E-state index in [1.807, 2.05) is 6.07 Å². The minimum atomic E-state index is -0.0267. The fourth-order valence-electron chi connectivity index (χ4n) is 1.08. The minimum absolute atomic E-state index is 0.0267. The van der Waals surface area contributed by atoms with Crippen molar-refractivity contribution in [1.29, 1.82) is 0 Å². The van der Waals surface area contributed by atoms with Gasteiger partial charge in [-0.15, -0.1) is 0 Å². The standard InChI is InChI=1S/C11H10BrClO2/c1-8(14)10-7-9(12)3-4-11(10)15-6-2-5-13/h2-5,7H,6H2,1H3. The van der Waals surface area contributed by atoms with Gasteiger partial charge < -0.3 is 4.74 Å². The predicted molar refractivity (Wildman–Crippen MR) is 64.6 cm³/mol. The van der Waals surface area contributed by atoms with E-state index < -0.39 is 0 Å². The summed E-state index contributed by atoms with van der Waals surface area (Å²) in [7, 11) is 0. The molecule has 0 bridgehead atoms. The van der Waals surface area contributed by atoms with Gasteiger partial charge >= 0.3 is 0 Å². The van der Waals surface area contributed by atoms with Crippen LogP contribution in [0.4, 0.5) is 0 Å². The molecule has 0 aliphatic heterocycles. The summed E-state index contributed by atoms with van der Waals surface area (Å²) >= 11 is 8.66. The van der Waals surface area contributed by atoms with Crippen molar-refractivity contribution in [2.75, 3.05) is 6.61 Å². The van der Waals surface area contributed by atoms with Crippen LogP contribution in [0.15, 0.2) is 34.3 Å². The van der Waals surface area contributed by atoms with E-state index in [9.17, 15) is 4.79 Å². The first-order chi connectivity index (χ1) is 7.15. The third-order valence-corrected chi connectivity index (χ3v) is 2.42. The van der Waals surface area contributed by atoms with Crippen LogP contribution in [0, 0.1) is 0 Å². The van der Waals surface area contributed by atoms with Gasteiger partial charge in [0.05, 0.1) is 5.56 Å². The smallest absolute Gasteiger partial charge is 0.163 e. The van der Waals surface area contributed by atoms with Crippen LogP contribution < -0.4 is 4.74 Å². The van der Waals surface area contributed by atoms with Gasteiger partial charge in [-0.2, -0.15) is 0 Å². The molecular formula is C11H10BrClO2. The van der Waals surface area contributed by atoms with Crippen molar-refractivity contribution >= 4 is 33.3 Å². The molecule has 2 nitrogen and oxygen atoms in total. The molecule has 0 heterocycles. The van der Waals surface area contributed by atoms with Crippen LogP contribution in [-0.2, 0) is 0 Å². The SMILES string of the molecule is CC(=O)c1cc(Br)ccc1OCC=CCl. The second-order valence-corrected chi connectivity index (χ2v) is 4.04. The van der Waals surface area contributed by atoms with Crippen molar-refractivity contribution in [3.63, 3.8) is 0 Å². The highest BCUT2D eigenvalue weighted by atomic mass is 79.9. The van der Waals surface area contributed by atoms with E-state index in [4.69, 9.17) is 16.3 Å². The van der Waals surface area contributed by atoms with E-state index >= 15 is 0 Å². The van der Waals surface area contributed by atoms with Crippen LogP contribution in [0.25, 0.3) is 0 Å². The highest BCUT2D eigenvalue weighted by Crippen LogP contribution is 2.23. The molecule has 0 amide bonds. The zero-order valence-electron chi connectivity index (χ0n) is 8.17. The maximum Gasteiger partial charge on any atom is 0.163 e. The summed E-state index contributed by atoms with van der Waals surface area (Å²) in [6, 6.07) is 5.32. The first kappa shape index (κ1) is 12.3. The molecule has 0 spiro atoms. The van der Waals surface area contributed by atoms with E-state index in [0.717, 1.165) is 4.47 Å². The Morgan fingerprint density at radius 2 is 2.33 bits per heavy atom. The number of hydrogen-bond acceptors (Lipinski definition) is 2. The molecule has 0 fully saturated rings. The lowest BCUT2D eigenvalue weighted by Gasteiger charge is -2.07. The average Bonchev–Trinajstić information content (AvgIpc) is 2.20. The summed E-state index contributed by atoms with van der Waals surface area (Å²) in [5.41, 5.74) is 1.94. The third kappa shape index (κ3) is 3.68. The molecule has 0 aliphatic carbocycles. The van der Waals surface area contributed by atoms with Crippen LogP contribution in [-0.4, -0.2) is 12.4 Å². The van der Waals surface area contributed by atoms with E-state index in [1.165, 1.54) is 12.5 Å². The highest BCUT2D eigenvalue weighted by Gasteiger charge is 2.08. The van der Waals surface area contributed by atoms with Crippen molar-refractivity contribution in [2.45, 2.75) is 6.92 Å². The molecule has 0 unspecified atom stereocenters. The van der Waals surface area contributed by atoms with Crippen molar-refractivity contribution < 1.29 is 9.53 Å². The number of halogens is 2. The summed E-state index contributed by atoms with van der Waals surface area (Å²) in [4.78, 5) is 11.3. The molecule has 1 rings (SSSR count). The lowest BCUT2D eigenvalue weighted by atomic mass is 10.1. The van der Waals surface area contributed by atoms with Gasteiger partial charge in [0.2, 0.25) is 0 Å². The molecule has 0 saturated heterocycles. The molecule has 0 aromatic heterocycles. The van der Waals surface area contributed by atoms with Gasteiger partial charge in [0, 0.05) is 10.0 Å². The predicted octanol–water partition coefficient (Wildman–Crippen LogP) is 3.78. The van der Waals surface area contributed by atoms with Gasteiger partial charge in [-0.3, -0.25) is 4.79 Å². The molecule has 1 aromatic rings. The molecule has 0 radical (unpaired) electrons. The zero-order chi connectivity index (χ0) is 11.3. The minimum Gasteiger partial charge on any atom is -0.489 e. The molecule has 0 aliphatic rings. The normalized spacial score (nSPS) is 10.6. The molecule has 1 aromatic carbocycles. The van der Waals surface area contributed by atoms with E-state index in [1.54, 1.807) is 18.2 Å². The van der Waals surface area contributed by atoms with Gasteiger partial charge in [-0.1, -0.05) is 27.5 Å². The number of ether oxygens (including phenoxy) is 1. The van der Waals surface area contributed by atoms with Crippen molar-refractivity contribution in [1.82, 2.24) is 0 Å². The van der Waals surface area contributed by atoms with Gasteiger partial charge in [-0.25, -0.2) is 0 Å². The van der Waals surface area contributed by atoms with Crippen molar-refractivity contribution in [2.24, 2.45) is 0 Å². The number of Topliss-reactive ketones (excluding diaryl/α,β-unsaturated/α-hetero) is 1. The van der Waals surface area contributed by atoms with Crippen molar-refractivity contribution in [3.05, 3.63) is 39.8 Å². The average molecular weight is 290 g/mol. The second-order valence-electron chi connectivity index (χ2n) is 2.87. The van der Waals surface area contributed by atoms with Gasteiger partial charge in [0.15, 0.2) is 5.78 Å². The molecule has 0 N–H and O–H groups in total. The Bertz CT molecular complexity index is 388. The first-order valence-corrected chi connectivity index (χ1v) is 5.56. The second kappa shape index (κ2) is 5.93. The summed E-state index contributed by atoms with van der Waals surface area (Å²) in [5, 5.41) is 0. The Balaban J connectivity index is 2.90. The molecule has 15 heavy (non-hydrogen) atoms. The van der Waals surface area contributed by atoms with Crippen LogP contribution in [0.5, 0.6) is 5.75 Å². The Morgan fingerprint density at radius 1 is 1.60 bits per heavy atom. The Kier molecular flexibility index (Phi) is 4.85. The summed E-state index contributed by atoms with van der Waals surface area (Å²) < 4.78 is 6.24. The third-order valence-electron chi connectivity index (χ3n) is 1.75. The van der Waals surface area contributed by atoms with Crippen molar-refractivity contribution in [3.8, 4) is 5.75 Å². The van der Waals surface area contributed by atoms with E-state index in [2.05, 4.69) is 15.9 Å². The lowest BCUT2D eigenvalue weighted by Crippen LogP contribution is -2.01. The number of carbonyl (C=O) groups is 1. The van der Waals surface area contributed by atoms with Crippen LogP contribution >= 0.6 is 27.5 Å². The largest absolute Gasteiger partial charge is 0.489 e. The number of ketones is 1. The fraction of sp³-hybridized carbons (Fsp3) is 0.182. The highest BCUT2D eigenvalue weighted by molar-refractivity contribution is 9.10. The number of rotatable bonds is 4. The maximum atomic E-state index is 11.3. The van der Waals surface area contributed by atoms with Crippen LogP contribution in [0.1, 0.15) is 17.3 Å². The monoisotopic (exact) mass is 288 g/mol. The molecule has 0 saturated carbocycles. The van der Waals surface area contributed by atoms with Gasteiger partial charge in [0.25, 0.3) is 0 Å². The van der Waals surface area contributed by atoms with Gasteiger partial charge in [-0.05, 0) is 31.2 Å². The Morgan fingerprint density at radius 3 is 2.93 bits per heavy atom. The number of benzene rings is 1. The zero-order valence-corrected chi connectivity index (χ0v) is 10.5. The van der Waals surface area contributed by atoms with Crippen LogP contribution in [0.3, 0.4) is 0 Å². The lowest BCUT2D eigenvalue weighted by molar-refractivity contribution is 0.101. The maximum absolute atomic E-state index is 11.3. The summed E-state index contributed by atoms with van der Waals surface area (Å²) in [6.07, 6.45) is 1.66. The van der Waals surface area contributed by atoms with Gasteiger partial charge in [0.1, 0.15) is 12.4 Å². The van der Waals surface area contributed by atoms with E-state index in [0.29, 0.717) is 17.9 Å². The quantitative estimate of drug-likeness (QED) is 0.789. The topological polar surface area (TPSA) is 26.3 Å². The molecule has 0 atom stereocenters. The Hall–Kier alpha value is -0.800. The van der Waals surface area contributed by atoms with E-state index in [-0.39, 0.29) is 5.78 Å². The molecular weight excluding hydrogens is 279 g/mol. The summed E-state index contributed by atoms with van der Waals surface area (Å²) in [5.74, 6) is 0.543. The number of hydrogen-bond donors (Lipinski definition) is 0. The Labute approximate surface area is 102 Å². The molecule has 4 heteroatoms. The fourth-order valence-corrected chi connectivity index (χ4v) is 1.51. The molecule has 80 valence electrons.